The van der Waals surface area contributed by atoms with Crippen LogP contribution in [0.4, 0.5) is 5.82 Å². The maximum atomic E-state index is 5.32. The highest BCUT2D eigenvalue weighted by molar-refractivity contribution is 5.91. The third kappa shape index (κ3) is 2.86. The Morgan fingerprint density at radius 2 is 1.79 bits per heavy atom. The molecule has 0 bridgehead atoms. The lowest BCUT2D eigenvalue weighted by atomic mass is 10.2. The van der Waals surface area contributed by atoms with Gasteiger partial charge >= 0.3 is 0 Å². The molecular weight excluding hydrogens is 242 g/mol. The number of hydrogen-bond donors (Lipinski definition) is 1. The SMILES string of the molecule is COc1cc2ncnc(NCC(C)C)c2cc1OC. The topological polar surface area (TPSA) is 56.3 Å². The number of methoxy groups -OCH3 is 2. The smallest absolute Gasteiger partial charge is 0.162 e. The summed E-state index contributed by atoms with van der Waals surface area (Å²) in [6.45, 7) is 5.17. The second-order valence-electron chi connectivity index (χ2n) is 4.72. The van der Waals surface area contributed by atoms with Gasteiger partial charge < -0.3 is 14.8 Å². The summed E-state index contributed by atoms with van der Waals surface area (Å²) in [5, 5.41) is 4.26. The number of nitrogens with zero attached hydrogens (tertiary/aromatic N) is 2. The van der Waals surface area contributed by atoms with Gasteiger partial charge in [0.05, 0.1) is 19.7 Å². The van der Waals surface area contributed by atoms with Crippen molar-refractivity contribution in [3.05, 3.63) is 18.5 Å². The molecule has 5 heteroatoms. The second-order valence-corrected chi connectivity index (χ2v) is 4.72. The van der Waals surface area contributed by atoms with Gasteiger partial charge in [-0.1, -0.05) is 13.8 Å². The van der Waals surface area contributed by atoms with E-state index in [1.807, 2.05) is 12.1 Å². The molecule has 0 unspecified atom stereocenters. The minimum absolute atomic E-state index is 0.546. The van der Waals surface area contributed by atoms with E-state index in [9.17, 15) is 0 Å². The number of benzene rings is 1. The second kappa shape index (κ2) is 5.73. The average Bonchev–Trinajstić information content (AvgIpc) is 2.43. The number of fused-ring (bicyclic) bond motifs is 1. The van der Waals surface area contributed by atoms with Crippen LogP contribution in [0.5, 0.6) is 11.5 Å². The molecule has 5 nitrogen and oxygen atoms in total. The molecule has 2 aromatic rings. The minimum Gasteiger partial charge on any atom is -0.493 e. The molecule has 1 aromatic carbocycles. The van der Waals surface area contributed by atoms with Crippen LogP contribution in [0.2, 0.25) is 0 Å². The van der Waals surface area contributed by atoms with Crippen molar-refractivity contribution < 1.29 is 9.47 Å². The molecule has 0 radical (unpaired) electrons. The number of ether oxygens (including phenoxy) is 2. The van der Waals surface area contributed by atoms with Crippen molar-refractivity contribution in [3.63, 3.8) is 0 Å². The van der Waals surface area contributed by atoms with Crippen LogP contribution in [-0.4, -0.2) is 30.7 Å². The summed E-state index contributed by atoms with van der Waals surface area (Å²) in [5.41, 5.74) is 0.832. The number of hydrogen-bond acceptors (Lipinski definition) is 5. The standard InChI is InChI=1S/C14H19N3O2/c1-9(2)7-15-14-10-5-12(18-3)13(19-4)6-11(10)16-8-17-14/h5-6,8-9H,7H2,1-4H3,(H,15,16,17). The number of aromatic nitrogens is 2. The van der Waals surface area contributed by atoms with E-state index in [-0.39, 0.29) is 0 Å². The molecule has 0 aliphatic carbocycles. The first-order valence-electron chi connectivity index (χ1n) is 6.26. The molecule has 2 rings (SSSR count). The molecule has 102 valence electrons. The third-order valence-corrected chi connectivity index (χ3v) is 2.82. The van der Waals surface area contributed by atoms with Crippen LogP contribution in [0.25, 0.3) is 10.9 Å². The summed E-state index contributed by atoms with van der Waals surface area (Å²) in [7, 11) is 3.23. The lowest BCUT2D eigenvalue weighted by molar-refractivity contribution is 0.356. The van der Waals surface area contributed by atoms with Crippen LogP contribution >= 0.6 is 0 Å². The van der Waals surface area contributed by atoms with Gasteiger partial charge in [-0.15, -0.1) is 0 Å². The van der Waals surface area contributed by atoms with Crippen molar-refractivity contribution in [1.29, 1.82) is 0 Å². The number of nitrogens with one attached hydrogen (secondary N) is 1. The normalized spacial score (nSPS) is 10.8. The Balaban J connectivity index is 2.48. The molecular formula is C14H19N3O2. The summed E-state index contributed by atoms with van der Waals surface area (Å²) >= 11 is 0. The Hall–Kier alpha value is -2.04. The van der Waals surface area contributed by atoms with Gasteiger partial charge in [-0.3, -0.25) is 0 Å². The largest absolute Gasteiger partial charge is 0.493 e. The van der Waals surface area contributed by atoms with Crippen molar-refractivity contribution >= 4 is 16.7 Å². The Bertz CT molecular complexity index is 570. The van der Waals surface area contributed by atoms with Crippen molar-refractivity contribution in [2.45, 2.75) is 13.8 Å². The van der Waals surface area contributed by atoms with Crippen molar-refractivity contribution in [2.75, 3.05) is 26.1 Å². The van der Waals surface area contributed by atoms with Gasteiger partial charge in [0.25, 0.3) is 0 Å². The van der Waals surface area contributed by atoms with Gasteiger partial charge in [0.1, 0.15) is 12.1 Å². The summed E-state index contributed by atoms with van der Waals surface area (Å²) < 4.78 is 10.6. The lowest BCUT2D eigenvalue weighted by Crippen LogP contribution is -2.09. The molecule has 1 heterocycles. The zero-order valence-corrected chi connectivity index (χ0v) is 11.7. The maximum Gasteiger partial charge on any atom is 0.162 e. The maximum absolute atomic E-state index is 5.32. The summed E-state index contributed by atoms with van der Waals surface area (Å²) in [6.07, 6.45) is 1.55. The van der Waals surface area contributed by atoms with Crippen molar-refractivity contribution in [1.82, 2.24) is 9.97 Å². The Morgan fingerprint density at radius 3 is 2.42 bits per heavy atom. The molecule has 1 N–H and O–H groups in total. The quantitative estimate of drug-likeness (QED) is 0.896. The summed E-state index contributed by atoms with van der Waals surface area (Å²) in [6, 6.07) is 3.76. The van der Waals surface area contributed by atoms with Crippen molar-refractivity contribution in [2.24, 2.45) is 5.92 Å². The highest BCUT2D eigenvalue weighted by Crippen LogP contribution is 2.33. The zero-order valence-electron chi connectivity index (χ0n) is 11.7. The predicted molar refractivity (Wildman–Crippen MR) is 76.0 cm³/mol. The van der Waals surface area contributed by atoms with Gasteiger partial charge in [0.2, 0.25) is 0 Å². The van der Waals surface area contributed by atoms with Gasteiger partial charge in [0, 0.05) is 18.0 Å². The van der Waals surface area contributed by atoms with Crippen LogP contribution in [-0.2, 0) is 0 Å². The molecule has 0 aliphatic heterocycles. The van der Waals surface area contributed by atoms with E-state index in [1.165, 1.54) is 0 Å². The number of rotatable bonds is 5. The Labute approximate surface area is 113 Å². The Morgan fingerprint density at radius 1 is 1.11 bits per heavy atom. The molecule has 0 spiro atoms. The van der Waals surface area contributed by atoms with Crippen LogP contribution in [0.1, 0.15) is 13.8 Å². The zero-order chi connectivity index (χ0) is 13.8. The average molecular weight is 261 g/mol. The van der Waals surface area contributed by atoms with E-state index in [0.717, 1.165) is 23.3 Å². The first-order chi connectivity index (χ1) is 9.15. The monoisotopic (exact) mass is 261 g/mol. The van der Waals surface area contributed by atoms with E-state index >= 15 is 0 Å². The first-order valence-corrected chi connectivity index (χ1v) is 6.26. The molecule has 0 saturated heterocycles. The fraction of sp³-hybridized carbons (Fsp3) is 0.429. The summed E-state index contributed by atoms with van der Waals surface area (Å²) in [5.74, 6) is 2.71. The van der Waals surface area contributed by atoms with Gasteiger partial charge in [-0.05, 0) is 12.0 Å². The fourth-order valence-electron chi connectivity index (χ4n) is 1.82. The van der Waals surface area contributed by atoms with E-state index in [0.29, 0.717) is 17.4 Å². The van der Waals surface area contributed by atoms with Crippen LogP contribution < -0.4 is 14.8 Å². The number of anilines is 1. The fourth-order valence-corrected chi connectivity index (χ4v) is 1.82. The van der Waals surface area contributed by atoms with E-state index in [2.05, 4.69) is 29.1 Å². The molecule has 0 atom stereocenters. The van der Waals surface area contributed by atoms with Gasteiger partial charge in [-0.2, -0.15) is 0 Å². The highest BCUT2D eigenvalue weighted by atomic mass is 16.5. The van der Waals surface area contributed by atoms with Crippen LogP contribution in [0, 0.1) is 5.92 Å². The van der Waals surface area contributed by atoms with E-state index in [4.69, 9.17) is 9.47 Å². The molecule has 1 aromatic heterocycles. The predicted octanol–water partition coefficient (Wildman–Crippen LogP) is 2.71. The van der Waals surface area contributed by atoms with Crippen LogP contribution in [0.3, 0.4) is 0 Å². The first kappa shape index (κ1) is 13.4. The molecule has 19 heavy (non-hydrogen) atoms. The molecule has 0 saturated carbocycles. The minimum atomic E-state index is 0.546. The van der Waals surface area contributed by atoms with Gasteiger partial charge in [-0.25, -0.2) is 9.97 Å². The van der Waals surface area contributed by atoms with Crippen LogP contribution in [0.15, 0.2) is 18.5 Å². The van der Waals surface area contributed by atoms with E-state index < -0.39 is 0 Å². The third-order valence-electron chi connectivity index (χ3n) is 2.82. The van der Waals surface area contributed by atoms with Gasteiger partial charge in [0.15, 0.2) is 11.5 Å². The molecule has 0 fully saturated rings. The lowest BCUT2D eigenvalue weighted by Gasteiger charge is -2.12. The Kier molecular flexibility index (Phi) is 4.04. The van der Waals surface area contributed by atoms with Crippen molar-refractivity contribution in [3.8, 4) is 11.5 Å². The molecule has 0 amide bonds. The van der Waals surface area contributed by atoms with E-state index in [1.54, 1.807) is 20.5 Å². The summed E-state index contributed by atoms with van der Waals surface area (Å²) in [4.78, 5) is 8.56. The highest BCUT2D eigenvalue weighted by Gasteiger charge is 2.10. The molecule has 0 aliphatic rings.